The van der Waals surface area contributed by atoms with E-state index in [-0.39, 0.29) is 6.61 Å². The zero-order valence-corrected chi connectivity index (χ0v) is 12.3. The van der Waals surface area contributed by atoms with Crippen LogP contribution in [0.2, 0.25) is 0 Å². The van der Waals surface area contributed by atoms with Crippen molar-refractivity contribution in [2.75, 3.05) is 18.0 Å². The summed E-state index contributed by atoms with van der Waals surface area (Å²) >= 11 is 0. The van der Waals surface area contributed by atoms with Crippen LogP contribution >= 0.6 is 0 Å². The first-order chi connectivity index (χ1) is 9.44. The van der Waals surface area contributed by atoms with E-state index in [1.54, 1.807) is 13.8 Å². The van der Waals surface area contributed by atoms with Crippen LogP contribution in [-0.2, 0) is 6.61 Å². The van der Waals surface area contributed by atoms with E-state index in [1.807, 2.05) is 42.2 Å². The molecule has 1 heterocycles. The molecule has 0 aliphatic heterocycles. The van der Waals surface area contributed by atoms with Crippen molar-refractivity contribution in [3.63, 3.8) is 0 Å². The van der Waals surface area contributed by atoms with Gasteiger partial charge < -0.3 is 15.1 Å². The number of hydrogen-bond acceptors (Lipinski definition) is 4. The monoisotopic (exact) mass is 274 g/mol. The minimum atomic E-state index is -0.798. The molecule has 4 heteroatoms. The zero-order chi connectivity index (χ0) is 14.8. The van der Waals surface area contributed by atoms with E-state index in [4.69, 9.17) is 0 Å². The van der Waals surface area contributed by atoms with E-state index in [0.29, 0.717) is 12.2 Å². The molecular formula is C16H22N2O2. The number of fused-ring (bicyclic) bond motifs is 1. The Hall–Kier alpha value is -1.65. The quantitative estimate of drug-likeness (QED) is 0.878. The van der Waals surface area contributed by atoms with Crippen LogP contribution in [0.1, 0.15) is 26.5 Å². The predicted octanol–water partition coefficient (Wildman–Crippen LogP) is 2.32. The average molecular weight is 274 g/mol. The third kappa shape index (κ3) is 3.26. The zero-order valence-electron chi connectivity index (χ0n) is 12.3. The molecule has 20 heavy (non-hydrogen) atoms. The van der Waals surface area contributed by atoms with Crippen molar-refractivity contribution in [2.45, 2.75) is 33.0 Å². The summed E-state index contributed by atoms with van der Waals surface area (Å²) in [6, 6.07) is 9.88. The van der Waals surface area contributed by atoms with Crippen LogP contribution in [-0.4, -0.2) is 33.9 Å². The highest BCUT2D eigenvalue weighted by Gasteiger charge is 2.20. The van der Waals surface area contributed by atoms with Gasteiger partial charge in [-0.3, -0.25) is 0 Å². The van der Waals surface area contributed by atoms with E-state index < -0.39 is 5.60 Å². The normalized spacial score (nSPS) is 11.8. The number of hydrogen-bond donors (Lipinski definition) is 2. The van der Waals surface area contributed by atoms with Gasteiger partial charge in [-0.25, -0.2) is 4.98 Å². The Balaban J connectivity index is 2.55. The van der Waals surface area contributed by atoms with Gasteiger partial charge in [0.25, 0.3) is 0 Å². The van der Waals surface area contributed by atoms with Gasteiger partial charge in [-0.1, -0.05) is 24.3 Å². The molecule has 0 atom stereocenters. The van der Waals surface area contributed by atoms with Gasteiger partial charge in [0.15, 0.2) is 0 Å². The minimum Gasteiger partial charge on any atom is -0.390 e. The standard InChI is InChI=1S/C16H22N2O2/c1-4-18(11-16(2,3)20)15-14-8-6-5-7-12(14)9-13(10-19)17-15/h5-9,19-20H,4,10-11H2,1-3H3. The number of nitrogens with zero attached hydrogens (tertiary/aromatic N) is 2. The number of anilines is 1. The fourth-order valence-electron chi connectivity index (χ4n) is 2.36. The Labute approximate surface area is 119 Å². The van der Waals surface area contributed by atoms with Gasteiger partial charge in [0.05, 0.1) is 17.9 Å². The number of aromatic nitrogens is 1. The lowest BCUT2D eigenvalue weighted by Crippen LogP contribution is -2.39. The number of aliphatic hydroxyl groups is 2. The molecule has 0 saturated carbocycles. The maximum Gasteiger partial charge on any atom is 0.136 e. The number of benzene rings is 1. The molecule has 0 unspecified atom stereocenters. The first kappa shape index (κ1) is 14.8. The van der Waals surface area contributed by atoms with Gasteiger partial charge in [0.1, 0.15) is 5.82 Å². The number of rotatable bonds is 5. The largest absolute Gasteiger partial charge is 0.390 e. The smallest absolute Gasteiger partial charge is 0.136 e. The molecule has 1 aromatic carbocycles. The van der Waals surface area contributed by atoms with E-state index in [0.717, 1.165) is 23.1 Å². The molecule has 4 nitrogen and oxygen atoms in total. The molecule has 2 rings (SSSR count). The average Bonchev–Trinajstić information content (AvgIpc) is 2.42. The minimum absolute atomic E-state index is 0.0854. The molecule has 0 aliphatic carbocycles. The van der Waals surface area contributed by atoms with Gasteiger partial charge >= 0.3 is 0 Å². The molecular weight excluding hydrogens is 252 g/mol. The second kappa shape index (κ2) is 5.77. The van der Waals surface area contributed by atoms with Gasteiger partial charge in [-0.2, -0.15) is 0 Å². The first-order valence-corrected chi connectivity index (χ1v) is 6.91. The van der Waals surface area contributed by atoms with E-state index in [1.165, 1.54) is 0 Å². The van der Waals surface area contributed by atoms with Gasteiger partial charge in [0, 0.05) is 18.5 Å². The molecule has 0 fully saturated rings. The van der Waals surface area contributed by atoms with Crippen molar-refractivity contribution in [1.29, 1.82) is 0 Å². The summed E-state index contributed by atoms with van der Waals surface area (Å²) in [5.74, 6) is 0.816. The van der Waals surface area contributed by atoms with Crippen molar-refractivity contribution >= 4 is 16.6 Å². The summed E-state index contributed by atoms with van der Waals surface area (Å²) in [6.07, 6.45) is 0. The third-order valence-electron chi connectivity index (χ3n) is 3.19. The number of likely N-dealkylation sites (N-methyl/N-ethyl adjacent to an activating group) is 1. The van der Waals surface area contributed by atoms with E-state index in [9.17, 15) is 10.2 Å². The summed E-state index contributed by atoms with van der Waals surface area (Å²) in [4.78, 5) is 6.58. The van der Waals surface area contributed by atoms with Crippen LogP contribution in [0.4, 0.5) is 5.82 Å². The highest BCUT2D eigenvalue weighted by Crippen LogP contribution is 2.26. The van der Waals surface area contributed by atoms with Gasteiger partial charge in [-0.05, 0) is 32.2 Å². The lowest BCUT2D eigenvalue weighted by molar-refractivity contribution is 0.0874. The second-order valence-corrected chi connectivity index (χ2v) is 5.64. The predicted molar refractivity (Wildman–Crippen MR) is 81.9 cm³/mol. The Kier molecular flexibility index (Phi) is 4.26. The van der Waals surface area contributed by atoms with Crippen LogP contribution < -0.4 is 4.90 Å². The van der Waals surface area contributed by atoms with Crippen LogP contribution in [0.15, 0.2) is 30.3 Å². The SMILES string of the molecule is CCN(CC(C)(C)O)c1nc(CO)cc2ccccc12. The summed E-state index contributed by atoms with van der Waals surface area (Å²) < 4.78 is 0. The van der Waals surface area contributed by atoms with Crippen molar-refractivity contribution in [2.24, 2.45) is 0 Å². The number of aliphatic hydroxyl groups excluding tert-OH is 1. The molecule has 0 bridgehead atoms. The Morgan fingerprint density at radius 3 is 2.55 bits per heavy atom. The molecule has 2 N–H and O–H groups in total. The van der Waals surface area contributed by atoms with Gasteiger partial charge in [-0.15, -0.1) is 0 Å². The first-order valence-electron chi connectivity index (χ1n) is 6.91. The summed E-state index contributed by atoms with van der Waals surface area (Å²) in [6.45, 7) is 6.76. The topological polar surface area (TPSA) is 56.6 Å². The highest BCUT2D eigenvalue weighted by atomic mass is 16.3. The molecule has 2 aromatic rings. The van der Waals surface area contributed by atoms with E-state index in [2.05, 4.69) is 4.98 Å². The Bertz CT molecular complexity index is 591. The number of pyridine rings is 1. The lowest BCUT2D eigenvalue weighted by Gasteiger charge is -2.30. The summed E-state index contributed by atoms with van der Waals surface area (Å²) in [5, 5.41) is 21.5. The molecule has 0 aliphatic rings. The van der Waals surface area contributed by atoms with E-state index >= 15 is 0 Å². The van der Waals surface area contributed by atoms with Crippen molar-refractivity contribution in [3.8, 4) is 0 Å². The van der Waals surface area contributed by atoms with Gasteiger partial charge in [0.2, 0.25) is 0 Å². The lowest BCUT2D eigenvalue weighted by atomic mass is 10.1. The highest BCUT2D eigenvalue weighted by molar-refractivity contribution is 5.92. The summed E-state index contributed by atoms with van der Waals surface area (Å²) in [7, 11) is 0. The molecule has 0 amide bonds. The molecule has 0 radical (unpaired) electrons. The maximum atomic E-state index is 10.1. The summed E-state index contributed by atoms with van der Waals surface area (Å²) in [5.41, 5.74) is -0.151. The molecule has 1 aromatic heterocycles. The van der Waals surface area contributed by atoms with Crippen molar-refractivity contribution in [3.05, 3.63) is 36.0 Å². The van der Waals surface area contributed by atoms with Crippen molar-refractivity contribution in [1.82, 2.24) is 4.98 Å². The molecule has 108 valence electrons. The van der Waals surface area contributed by atoms with Crippen LogP contribution in [0, 0.1) is 0 Å². The molecule has 0 spiro atoms. The Morgan fingerprint density at radius 1 is 1.25 bits per heavy atom. The van der Waals surface area contributed by atoms with Crippen LogP contribution in [0.3, 0.4) is 0 Å². The fraction of sp³-hybridized carbons (Fsp3) is 0.438. The van der Waals surface area contributed by atoms with Crippen LogP contribution in [0.5, 0.6) is 0 Å². The Morgan fingerprint density at radius 2 is 1.95 bits per heavy atom. The van der Waals surface area contributed by atoms with Crippen molar-refractivity contribution < 1.29 is 10.2 Å². The van der Waals surface area contributed by atoms with Crippen LogP contribution in [0.25, 0.3) is 10.8 Å². The molecule has 0 saturated heterocycles. The third-order valence-corrected chi connectivity index (χ3v) is 3.19. The maximum absolute atomic E-state index is 10.1. The second-order valence-electron chi connectivity index (χ2n) is 5.64. The fourth-order valence-corrected chi connectivity index (χ4v) is 2.36.